The summed E-state index contributed by atoms with van der Waals surface area (Å²) in [6.07, 6.45) is 44.8. The summed E-state index contributed by atoms with van der Waals surface area (Å²) in [5.41, 5.74) is 0. The van der Waals surface area contributed by atoms with Gasteiger partial charge in [0, 0.05) is 39.1 Å². The molecule has 0 aromatic heterocycles. The molecule has 0 aromatic rings. The lowest BCUT2D eigenvalue weighted by molar-refractivity contribution is -0.148. The summed E-state index contributed by atoms with van der Waals surface area (Å²) in [7, 11) is 0. The van der Waals surface area contributed by atoms with E-state index in [1.807, 2.05) is 41.5 Å². The second kappa shape index (κ2) is 62.7. The molecule has 3 atom stereocenters. The number of aliphatic hydroxyl groups is 2. The van der Waals surface area contributed by atoms with Crippen LogP contribution in [0.2, 0.25) is 0 Å². The zero-order chi connectivity index (χ0) is 61.2. The van der Waals surface area contributed by atoms with Crippen LogP contribution in [-0.2, 0) is 47.5 Å². The van der Waals surface area contributed by atoms with Gasteiger partial charge in [0.05, 0.1) is 61.0 Å². The minimum Gasteiger partial charge on any atom is -0.463 e. The molecule has 0 aliphatic heterocycles. The van der Waals surface area contributed by atoms with Crippen LogP contribution in [0.25, 0.3) is 0 Å². The zero-order valence-corrected chi connectivity index (χ0v) is 55.9. The number of carbonyl (C=O) groups excluding carboxylic acids is 3. The highest BCUT2D eigenvalue weighted by atomic mass is 16.6. The summed E-state index contributed by atoms with van der Waals surface area (Å²) in [4.78, 5) is 34.3. The smallest absolute Gasteiger partial charge is 0.306 e. The monoisotopic (exact) mass is 1160 g/mol. The highest BCUT2D eigenvalue weighted by Crippen LogP contribution is 2.21. The number of ether oxygens (including phenoxy) is 7. The second-order valence-corrected chi connectivity index (χ2v) is 25.0. The minimum atomic E-state index is -0.132. The Kier molecular flexibility index (Phi) is 64.5. The molecule has 0 aromatic carbocycles. The van der Waals surface area contributed by atoms with E-state index >= 15 is 0 Å². The SMILES string of the molecule is CC(C)OC(=O)CCCCCCCCC(CCCCCCO)OC(C)C.CC(C)OCCCCCCC(CCCCCCCCC(=O)OC(C)C)OC(C)C.CC(C)OCCCCCCC(O)CCCCCCCCC(=O)OC(C)C. The van der Waals surface area contributed by atoms with E-state index in [4.69, 9.17) is 38.3 Å². The fourth-order valence-corrected chi connectivity index (χ4v) is 9.63. The Hall–Kier alpha value is -1.83. The number of unbranched alkanes of at least 4 members (excludes halogenated alkanes) is 24. The summed E-state index contributed by atoms with van der Waals surface area (Å²) in [6.45, 7) is 30.3. The fraction of sp³-hybridized carbons (Fsp3) is 0.957. The molecule has 0 saturated carbocycles. The van der Waals surface area contributed by atoms with Gasteiger partial charge in [0.2, 0.25) is 0 Å². The maximum Gasteiger partial charge on any atom is 0.306 e. The molecule has 2 N–H and O–H groups in total. The summed E-state index contributed by atoms with van der Waals surface area (Å²) in [6, 6.07) is 0. The molecule has 0 heterocycles. The van der Waals surface area contributed by atoms with Crippen LogP contribution in [0.4, 0.5) is 0 Å². The Balaban J connectivity index is -0.00000113. The van der Waals surface area contributed by atoms with Crippen LogP contribution in [0.1, 0.15) is 347 Å². The average molecular weight is 1160 g/mol. The summed E-state index contributed by atoms with van der Waals surface area (Å²) in [5.74, 6) is -0.190. The molecule has 0 aliphatic carbocycles. The van der Waals surface area contributed by atoms with Crippen LogP contribution >= 0.6 is 0 Å². The molecule has 0 aliphatic rings. The van der Waals surface area contributed by atoms with Gasteiger partial charge in [0.1, 0.15) is 0 Å². The van der Waals surface area contributed by atoms with Crippen LogP contribution in [0.3, 0.4) is 0 Å². The van der Waals surface area contributed by atoms with Crippen molar-refractivity contribution in [2.45, 2.75) is 408 Å². The molecule has 12 nitrogen and oxygen atoms in total. The van der Waals surface area contributed by atoms with Gasteiger partial charge in [-0.2, -0.15) is 0 Å². The van der Waals surface area contributed by atoms with Crippen molar-refractivity contribution in [2.24, 2.45) is 0 Å². The van der Waals surface area contributed by atoms with Crippen molar-refractivity contribution in [2.75, 3.05) is 19.8 Å². The highest BCUT2D eigenvalue weighted by Gasteiger charge is 2.14. The summed E-state index contributed by atoms with van der Waals surface area (Å²) >= 11 is 0. The van der Waals surface area contributed by atoms with Gasteiger partial charge in [-0.3, -0.25) is 14.4 Å². The first kappa shape index (κ1) is 83.4. The van der Waals surface area contributed by atoms with E-state index in [9.17, 15) is 19.5 Å². The largest absolute Gasteiger partial charge is 0.463 e. The molecule has 0 bridgehead atoms. The van der Waals surface area contributed by atoms with E-state index in [2.05, 4.69) is 55.4 Å². The van der Waals surface area contributed by atoms with Gasteiger partial charge in [-0.25, -0.2) is 0 Å². The van der Waals surface area contributed by atoms with Crippen LogP contribution < -0.4 is 0 Å². The van der Waals surface area contributed by atoms with Gasteiger partial charge < -0.3 is 43.4 Å². The number of hydrogen-bond donors (Lipinski definition) is 2. The third kappa shape index (κ3) is 74.2. The predicted octanol–water partition coefficient (Wildman–Crippen LogP) is 18.8. The van der Waals surface area contributed by atoms with Crippen LogP contribution in [0.15, 0.2) is 0 Å². The third-order valence-electron chi connectivity index (χ3n) is 13.7. The molecular formula is C69H138O12. The molecule has 0 amide bonds. The predicted molar refractivity (Wildman–Crippen MR) is 339 cm³/mol. The maximum atomic E-state index is 11.5. The van der Waals surface area contributed by atoms with Gasteiger partial charge in [0.25, 0.3) is 0 Å². The molecular weight excluding hydrogens is 1020 g/mol. The minimum absolute atomic E-state index is 0.00168. The van der Waals surface area contributed by atoms with E-state index < -0.39 is 0 Å². The van der Waals surface area contributed by atoms with E-state index in [-0.39, 0.29) is 42.3 Å². The number of esters is 3. The topological polar surface area (TPSA) is 156 Å². The number of carbonyl (C=O) groups is 3. The molecule has 0 rings (SSSR count). The summed E-state index contributed by atoms with van der Waals surface area (Å²) < 4.78 is 38.7. The van der Waals surface area contributed by atoms with E-state index in [0.717, 1.165) is 110 Å². The third-order valence-corrected chi connectivity index (χ3v) is 13.7. The van der Waals surface area contributed by atoms with Crippen molar-refractivity contribution in [1.82, 2.24) is 0 Å². The van der Waals surface area contributed by atoms with Crippen LogP contribution in [-0.4, -0.2) is 109 Å². The first-order chi connectivity index (χ1) is 38.7. The Morgan fingerprint density at radius 1 is 0.284 bits per heavy atom. The Bertz CT molecular complexity index is 1300. The van der Waals surface area contributed by atoms with Gasteiger partial charge in [-0.05, 0) is 174 Å². The summed E-state index contributed by atoms with van der Waals surface area (Å²) in [5, 5.41) is 18.9. The fourth-order valence-electron chi connectivity index (χ4n) is 9.63. The second-order valence-electron chi connectivity index (χ2n) is 25.0. The lowest BCUT2D eigenvalue weighted by Gasteiger charge is -2.20. The molecule has 0 fully saturated rings. The average Bonchev–Trinajstić information content (AvgIpc) is 3.37. The number of rotatable bonds is 56. The molecule has 81 heavy (non-hydrogen) atoms. The molecule has 3 unspecified atom stereocenters. The lowest BCUT2D eigenvalue weighted by Crippen LogP contribution is -2.18. The van der Waals surface area contributed by atoms with Gasteiger partial charge in [-0.15, -0.1) is 0 Å². The first-order valence-corrected chi connectivity index (χ1v) is 34.1. The molecule has 0 saturated heterocycles. The van der Waals surface area contributed by atoms with Crippen molar-refractivity contribution in [3.63, 3.8) is 0 Å². The Morgan fingerprint density at radius 2 is 0.519 bits per heavy atom. The highest BCUT2D eigenvalue weighted by molar-refractivity contribution is 5.70. The quantitative estimate of drug-likeness (QED) is 0.0338. The van der Waals surface area contributed by atoms with Crippen molar-refractivity contribution in [3.8, 4) is 0 Å². The van der Waals surface area contributed by atoms with Crippen LogP contribution in [0.5, 0.6) is 0 Å². The molecule has 0 spiro atoms. The van der Waals surface area contributed by atoms with E-state index in [1.165, 1.54) is 135 Å². The maximum absolute atomic E-state index is 11.5. The molecule has 12 heteroatoms. The standard InChI is InChI=1S/C25H50O4.2C22H44O4/c1-21(2)27-20-16-12-11-14-18-24(28-22(3)4)17-13-9-7-8-10-15-19-25(26)29-23(5)6;1-19(2)25-18-14-10-9-12-16-21(23)15-11-7-5-6-8-13-17-22(24)26-20(3)4;1-19(2)25-21(16-12-9-10-14-18-23)15-11-7-5-6-8-13-17-22(24)26-20(3)4/h21-24H,7-20H2,1-6H3;2*19-21,23H,5-18H2,1-4H3. The Labute approximate surface area is 501 Å². The Morgan fingerprint density at radius 3 is 0.765 bits per heavy atom. The van der Waals surface area contributed by atoms with Gasteiger partial charge >= 0.3 is 17.9 Å². The van der Waals surface area contributed by atoms with E-state index in [1.54, 1.807) is 0 Å². The normalized spacial score (nSPS) is 12.8. The molecule has 0 radical (unpaired) electrons. The molecule has 486 valence electrons. The van der Waals surface area contributed by atoms with Crippen LogP contribution in [0, 0.1) is 0 Å². The van der Waals surface area contributed by atoms with E-state index in [0.29, 0.717) is 62.5 Å². The lowest BCUT2D eigenvalue weighted by atomic mass is 10.0. The number of hydrogen-bond acceptors (Lipinski definition) is 12. The number of aliphatic hydroxyl groups excluding tert-OH is 2. The first-order valence-electron chi connectivity index (χ1n) is 34.1. The van der Waals surface area contributed by atoms with Crippen molar-refractivity contribution in [3.05, 3.63) is 0 Å². The van der Waals surface area contributed by atoms with Gasteiger partial charge in [0.15, 0.2) is 0 Å². The van der Waals surface area contributed by atoms with Crippen molar-refractivity contribution in [1.29, 1.82) is 0 Å². The van der Waals surface area contributed by atoms with Crippen molar-refractivity contribution >= 4 is 17.9 Å². The zero-order valence-electron chi connectivity index (χ0n) is 55.9. The van der Waals surface area contributed by atoms with Gasteiger partial charge in [-0.1, -0.05) is 154 Å². The van der Waals surface area contributed by atoms with Crippen molar-refractivity contribution < 1.29 is 57.8 Å².